The lowest BCUT2D eigenvalue weighted by Crippen LogP contribution is -2.30. The summed E-state index contributed by atoms with van der Waals surface area (Å²) in [5, 5.41) is 2.40. The molecule has 1 amide bonds. The second-order valence-electron chi connectivity index (χ2n) is 4.53. The van der Waals surface area contributed by atoms with E-state index in [1.807, 2.05) is 0 Å². The molecule has 1 atom stereocenters. The maximum Gasteiger partial charge on any atom is 0.341 e. The number of carbonyl (C=O) groups is 2. The summed E-state index contributed by atoms with van der Waals surface area (Å²) in [6.07, 6.45) is -1.16. The van der Waals surface area contributed by atoms with E-state index in [0.717, 1.165) is 12.1 Å². The summed E-state index contributed by atoms with van der Waals surface area (Å²) in [5.41, 5.74) is -0.0216. The van der Waals surface area contributed by atoms with Crippen molar-refractivity contribution in [3.8, 4) is 0 Å². The third-order valence-electron chi connectivity index (χ3n) is 2.84. The highest BCUT2D eigenvalue weighted by Crippen LogP contribution is 2.12. The molecular weight excluding hydrogens is 292 g/mol. The van der Waals surface area contributed by atoms with Gasteiger partial charge in [0.25, 0.3) is 5.91 Å². The number of halogens is 2. The van der Waals surface area contributed by atoms with Crippen LogP contribution in [0, 0.1) is 11.6 Å². The van der Waals surface area contributed by atoms with Crippen LogP contribution < -0.4 is 5.32 Å². The molecule has 0 fully saturated rings. The monoisotopic (exact) mass is 305 g/mol. The van der Waals surface area contributed by atoms with Crippen molar-refractivity contribution in [1.82, 2.24) is 0 Å². The minimum atomic E-state index is -1.16. The molecule has 2 aromatic carbocycles. The van der Waals surface area contributed by atoms with Crippen LogP contribution in [0.25, 0.3) is 0 Å². The topological polar surface area (TPSA) is 55.4 Å². The van der Waals surface area contributed by atoms with Gasteiger partial charge in [0.05, 0.1) is 5.56 Å². The molecule has 0 bridgehead atoms. The molecule has 114 valence electrons. The average molecular weight is 305 g/mol. The van der Waals surface area contributed by atoms with Crippen molar-refractivity contribution in [2.75, 3.05) is 5.32 Å². The fraction of sp³-hybridized carbons (Fsp3) is 0.125. The Balaban J connectivity index is 1.99. The van der Waals surface area contributed by atoms with E-state index < -0.39 is 29.6 Å². The number of hydrogen-bond acceptors (Lipinski definition) is 3. The normalized spacial score (nSPS) is 11.6. The molecular formula is C16H13F2NO3. The highest BCUT2D eigenvalue weighted by molar-refractivity contribution is 5.97. The van der Waals surface area contributed by atoms with Crippen LogP contribution in [0.1, 0.15) is 17.3 Å². The van der Waals surface area contributed by atoms with Crippen molar-refractivity contribution in [1.29, 1.82) is 0 Å². The average Bonchev–Trinajstić information content (AvgIpc) is 2.47. The van der Waals surface area contributed by atoms with E-state index in [0.29, 0.717) is 0 Å². The van der Waals surface area contributed by atoms with Crippen LogP contribution in [-0.2, 0) is 9.53 Å². The maximum absolute atomic E-state index is 13.4. The summed E-state index contributed by atoms with van der Waals surface area (Å²) in [4.78, 5) is 23.7. The van der Waals surface area contributed by atoms with Crippen LogP contribution in [0.5, 0.6) is 0 Å². The second kappa shape index (κ2) is 6.80. The predicted molar refractivity (Wildman–Crippen MR) is 76.3 cm³/mol. The van der Waals surface area contributed by atoms with E-state index in [9.17, 15) is 18.4 Å². The van der Waals surface area contributed by atoms with Gasteiger partial charge in [0.2, 0.25) is 0 Å². The number of rotatable bonds is 4. The Hall–Kier alpha value is -2.76. The molecule has 0 heterocycles. The molecule has 2 rings (SSSR count). The zero-order valence-electron chi connectivity index (χ0n) is 11.7. The van der Waals surface area contributed by atoms with Gasteiger partial charge in [0.1, 0.15) is 11.6 Å². The Morgan fingerprint density at radius 2 is 1.82 bits per heavy atom. The lowest BCUT2D eigenvalue weighted by Gasteiger charge is -2.13. The summed E-state index contributed by atoms with van der Waals surface area (Å²) in [6, 6.07) is 10.6. The molecule has 1 N–H and O–H groups in total. The Labute approximate surface area is 125 Å². The zero-order chi connectivity index (χ0) is 16.1. The van der Waals surface area contributed by atoms with E-state index in [4.69, 9.17) is 4.74 Å². The quantitative estimate of drug-likeness (QED) is 0.883. The molecule has 0 aliphatic carbocycles. The van der Waals surface area contributed by atoms with Gasteiger partial charge < -0.3 is 10.1 Å². The first-order valence-electron chi connectivity index (χ1n) is 6.49. The van der Waals surface area contributed by atoms with Crippen molar-refractivity contribution in [3.05, 3.63) is 65.7 Å². The number of nitrogens with one attached hydrogen (secondary N) is 1. The van der Waals surface area contributed by atoms with Gasteiger partial charge in [-0.15, -0.1) is 0 Å². The lowest BCUT2D eigenvalue weighted by molar-refractivity contribution is -0.123. The fourth-order valence-corrected chi connectivity index (χ4v) is 1.71. The Morgan fingerprint density at radius 1 is 1.09 bits per heavy atom. The van der Waals surface area contributed by atoms with Crippen molar-refractivity contribution < 1.29 is 23.1 Å². The van der Waals surface area contributed by atoms with Gasteiger partial charge in [0, 0.05) is 5.69 Å². The van der Waals surface area contributed by atoms with Crippen LogP contribution >= 0.6 is 0 Å². The molecule has 0 aromatic heterocycles. The van der Waals surface area contributed by atoms with E-state index in [-0.39, 0.29) is 11.3 Å². The van der Waals surface area contributed by atoms with Gasteiger partial charge in [-0.2, -0.15) is 0 Å². The molecule has 0 saturated heterocycles. The Kier molecular flexibility index (Phi) is 4.83. The summed E-state index contributed by atoms with van der Waals surface area (Å²) >= 11 is 0. The first kappa shape index (κ1) is 15.6. The summed E-state index contributed by atoms with van der Waals surface area (Å²) in [6.45, 7) is 1.34. The molecule has 0 saturated carbocycles. The van der Waals surface area contributed by atoms with Crippen LogP contribution in [0.2, 0.25) is 0 Å². The zero-order valence-corrected chi connectivity index (χ0v) is 11.7. The summed E-state index contributed by atoms with van der Waals surface area (Å²) in [5.74, 6) is -2.82. The third kappa shape index (κ3) is 3.88. The summed E-state index contributed by atoms with van der Waals surface area (Å²) in [7, 11) is 0. The van der Waals surface area contributed by atoms with Crippen molar-refractivity contribution in [2.45, 2.75) is 13.0 Å². The number of carbonyl (C=O) groups excluding carboxylic acids is 2. The number of esters is 1. The van der Waals surface area contributed by atoms with E-state index in [2.05, 4.69) is 5.32 Å². The minimum Gasteiger partial charge on any atom is -0.449 e. The molecule has 0 spiro atoms. The molecule has 0 unspecified atom stereocenters. The smallest absolute Gasteiger partial charge is 0.341 e. The van der Waals surface area contributed by atoms with E-state index in [1.165, 1.54) is 43.3 Å². The standard InChI is InChI=1S/C16H13F2NO3/c1-10(15(20)19-12-6-4-5-11(17)9-12)22-16(21)13-7-2-3-8-14(13)18/h2-10H,1H3,(H,19,20)/t10-/m0/s1. The Morgan fingerprint density at radius 3 is 2.50 bits per heavy atom. The first-order valence-corrected chi connectivity index (χ1v) is 6.49. The second-order valence-corrected chi connectivity index (χ2v) is 4.53. The van der Waals surface area contributed by atoms with Gasteiger partial charge >= 0.3 is 5.97 Å². The van der Waals surface area contributed by atoms with Crippen molar-refractivity contribution in [3.63, 3.8) is 0 Å². The molecule has 0 aliphatic heterocycles. The van der Waals surface area contributed by atoms with Crippen LogP contribution in [0.4, 0.5) is 14.5 Å². The molecule has 6 heteroatoms. The SMILES string of the molecule is C[C@H](OC(=O)c1ccccc1F)C(=O)Nc1cccc(F)c1. The fourth-order valence-electron chi connectivity index (χ4n) is 1.71. The largest absolute Gasteiger partial charge is 0.449 e. The van der Waals surface area contributed by atoms with Gasteiger partial charge in [-0.3, -0.25) is 4.79 Å². The van der Waals surface area contributed by atoms with Crippen LogP contribution in [0.3, 0.4) is 0 Å². The number of anilines is 1. The molecule has 0 radical (unpaired) electrons. The number of benzene rings is 2. The highest BCUT2D eigenvalue weighted by atomic mass is 19.1. The minimum absolute atomic E-state index is 0.235. The van der Waals surface area contributed by atoms with Crippen LogP contribution in [0.15, 0.2) is 48.5 Å². The lowest BCUT2D eigenvalue weighted by atomic mass is 10.2. The van der Waals surface area contributed by atoms with Gasteiger partial charge in [0.15, 0.2) is 6.10 Å². The summed E-state index contributed by atoms with van der Waals surface area (Å²) < 4.78 is 31.4. The van der Waals surface area contributed by atoms with E-state index >= 15 is 0 Å². The first-order chi connectivity index (χ1) is 10.5. The maximum atomic E-state index is 13.4. The van der Waals surface area contributed by atoms with Crippen molar-refractivity contribution >= 4 is 17.6 Å². The van der Waals surface area contributed by atoms with Crippen molar-refractivity contribution in [2.24, 2.45) is 0 Å². The van der Waals surface area contributed by atoms with Gasteiger partial charge in [-0.05, 0) is 37.3 Å². The molecule has 0 aliphatic rings. The number of amides is 1. The number of ether oxygens (including phenoxy) is 1. The highest BCUT2D eigenvalue weighted by Gasteiger charge is 2.21. The third-order valence-corrected chi connectivity index (χ3v) is 2.84. The van der Waals surface area contributed by atoms with E-state index in [1.54, 1.807) is 0 Å². The molecule has 22 heavy (non-hydrogen) atoms. The van der Waals surface area contributed by atoms with Crippen LogP contribution in [-0.4, -0.2) is 18.0 Å². The van der Waals surface area contributed by atoms with Gasteiger partial charge in [-0.1, -0.05) is 18.2 Å². The van der Waals surface area contributed by atoms with Gasteiger partial charge in [-0.25, -0.2) is 13.6 Å². The number of hydrogen-bond donors (Lipinski definition) is 1. The molecule has 4 nitrogen and oxygen atoms in total. The Bertz CT molecular complexity index is 703. The predicted octanol–water partition coefficient (Wildman–Crippen LogP) is 3.15. The molecule has 2 aromatic rings.